The number of hydrogen-bond donors (Lipinski definition) is 1. The highest BCUT2D eigenvalue weighted by molar-refractivity contribution is 7.99. The van der Waals surface area contributed by atoms with Crippen molar-refractivity contribution in [2.45, 2.75) is 5.03 Å². The molecule has 0 unspecified atom stereocenters. The average molecular weight is 225 g/mol. The fraction of sp³-hybridized carbons (Fsp3) is 0.250. The number of nitro groups is 1. The predicted octanol–water partition coefficient (Wildman–Crippen LogP) is 0.946. The zero-order chi connectivity index (χ0) is 11.3. The summed E-state index contributed by atoms with van der Waals surface area (Å²) in [4.78, 5) is 13.9. The maximum atomic E-state index is 10.7. The van der Waals surface area contributed by atoms with Gasteiger partial charge in [0, 0.05) is 11.9 Å². The molecule has 1 aromatic heterocycles. The molecule has 0 aliphatic carbocycles. The van der Waals surface area contributed by atoms with Gasteiger partial charge in [-0.25, -0.2) is 4.98 Å². The third-order valence-corrected chi connectivity index (χ3v) is 2.48. The molecule has 0 aromatic carbocycles. The van der Waals surface area contributed by atoms with Gasteiger partial charge in [-0.1, -0.05) is 11.8 Å². The Bertz CT molecular complexity index is 416. The molecule has 7 heteroatoms. The van der Waals surface area contributed by atoms with Crippen molar-refractivity contribution in [1.29, 1.82) is 5.26 Å². The predicted molar refractivity (Wildman–Crippen MR) is 53.4 cm³/mol. The second-order valence-electron chi connectivity index (χ2n) is 2.45. The number of nitrogens with zero attached hydrogens (tertiary/aromatic N) is 3. The van der Waals surface area contributed by atoms with Crippen molar-refractivity contribution in [1.82, 2.24) is 4.98 Å². The van der Waals surface area contributed by atoms with Crippen molar-refractivity contribution < 1.29 is 10.0 Å². The Labute approximate surface area is 89.7 Å². The molecule has 0 atom stereocenters. The number of pyridine rings is 1. The van der Waals surface area contributed by atoms with E-state index in [2.05, 4.69) is 4.98 Å². The minimum Gasteiger partial charge on any atom is -0.396 e. The van der Waals surface area contributed by atoms with Gasteiger partial charge >= 0.3 is 5.69 Å². The first-order chi connectivity index (χ1) is 7.20. The molecular formula is C8H7N3O3S. The van der Waals surface area contributed by atoms with Gasteiger partial charge in [-0.3, -0.25) is 10.1 Å². The Hall–Kier alpha value is -1.65. The van der Waals surface area contributed by atoms with E-state index in [1.807, 2.05) is 0 Å². The van der Waals surface area contributed by atoms with Crippen LogP contribution in [-0.2, 0) is 0 Å². The first-order valence-electron chi connectivity index (χ1n) is 3.98. The summed E-state index contributed by atoms with van der Waals surface area (Å²) in [6.07, 6.45) is 1.34. The van der Waals surface area contributed by atoms with Crippen LogP contribution >= 0.6 is 11.8 Å². The van der Waals surface area contributed by atoms with Crippen molar-refractivity contribution >= 4 is 17.4 Å². The first kappa shape index (κ1) is 11.4. The molecule has 15 heavy (non-hydrogen) atoms. The van der Waals surface area contributed by atoms with Crippen LogP contribution in [0.1, 0.15) is 5.56 Å². The van der Waals surface area contributed by atoms with Crippen molar-refractivity contribution in [2.75, 3.05) is 12.4 Å². The smallest absolute Gasteiger partial charge is 0.318 e. The van der Waals surface area contributed by atoms with Gasteiger partial charge in [0.1, 0.15) is 11.6 Å². The summed E-state index contributed by atoms with van der Waals surface area (Å²) in [7, 11) is 0. The molecule has 0 fully saturated rings. The van der Waals surface area contributed by atoms with Crippen LogP contribution in [0.4, 0.5) is 5.69 Å². The molecule has 78 valence electrons. The Balaban J connectivity index is 3.15. The summed E-state index contributed by atoms with van der Waals surface area (Å²) >= 11 is 1.05. The minimum absolute atomic E-state index is 0.0181. The van der Waals surface area contributed by atoms with Crippen LogP contribution in [0, 0.1) is 21.4 Å². The summed E-state index contributed by atoms with van der Waals surface area (Å²) in [5, 5.41) is 28.1. The molecule has 0 bridgehead atoms. The van der Waals surface area contributed by atoms with Crippen LogP contribution < -0.4 is 0 Å². The molecule has 1 heterocycles. The molecule has 1 aromatic rings. The SMILES string of the molecule is N#Cc1ccnc(SCCO)c1[N+](=O)[O-]. The van der Waals surface area contributed by atoms with Crippen molar-refractivity contribution in [3.8, 4) is 6.07 Å². The van der Waals surface area contributed by atoms with Crippen LogP contribution in [0.2, 0.25) is 0 Å². The van der Waals surface area contributed by atoms with Gasteiger partial charge in [0.05, 0.1) is 11.5 Å². The van der Waals surface area contributed by atoms with Crippen LogP contribution in [0.15, 0.2) is 17.3 Å². The highest BCUT2D eigenvalue weighted by Crippen LogP contribution is 2.29. The van der Waals surface area contributed by atoms with Crippen molar-refractivity contribution in [3.63, 3.8) is 0 Å². The molecule has 0 amide bonds. The quantitative estimate of drug-likeness (QED) is 0.465. The molecule has 0 saturated carbocycles. The van der Waals surface area contributed by atoms with E-state index in [9.17, 15) is 10.1 Å². The van der Waals surface area contributed by atoms with E-state index in [1.165, 1.54) is 12.3 Å². The Kier molecular flexibility index (Phi) is 4.03. The maximum absolute atomic E-state index is 10.7. The summed E-state index contributed by atoms with van der Waals surface area (Å²) in [6, 6.07) is 3.03. The monoisotopic (exact) mass is 225 g/mol. The van der Waals surface area contributed by atoms with Gasteiger partial charge in [0.15, 0.2) is 5.03 Å². The number of aliphatic hydroxyl groups is 1. The summed E-state index contributed by atoms with van der Waals surface area (Å²) in [5.74, 6) is 0.308. The standard InChI is InChI=1S/C8H7N3O3S/c9-5-6-1-2-10-8(15-4-3-12)7(6)11(13)14/h1-2,12H,3-4H2. The van der Waals surface area contributed by atoms with Crippen LogP contribution in [0.25, 0.3) is 0 Å². The van der Waals surface area contributed by atoms with Gasteiger partial charge in [-0.05, 0) is 6.07 Å². The number of nitriles is 1. The van der Waals surface area contributed by atoms with E-state index in [0.717, 1.165) is 11.8 Å². The van der Waals surface area contributed by atoms with Crippen LogP contribution in [0.5, 0.6) is 0 Å². The van der Waals surface area contributed by atoms with Crippen LogP contribution in [-0.4, -0.2) is 27.4 Å². The van der Waals surface area contributed by atoms with E-state index < -0.39 is 4.92 Å². The van der Waals surface area contributed by atoms with Crippen molar-refractivity contribution in [3.05, 3.63) is 27.9 Å². The molecule has 6 nitrogen and oxygen atoms in total. The second-order valence-corrected chi connectivity index (χ2v) is 3.54. The Morgan fingerprint density at radius 1 is 1.73 bits per heavy atom. The normalized spacial score (nSPS) is 9.60. The van der Waals surface area contributed by atoms with Gasteiger partial charge in [0.2, 0.25) is 0 Å². The third kappa shape index (κ3) is 2.65. The minimum atomic E-state index is -0.634. The highest BCUT2D eigenvalue weighted by Gasteiger charge is 2.20. The van der Waals surface area contributed by atoms with E-state index in [4.69, 9.17) is 10.4 Å². The topological polar surface area (TPSA) is 100 Å². The van der Waals surface area contributed by atoms with Gasteiger partial charge < -0.3 is 5.11 Å². The number of rotatable bonds is 4. The fourth-order valence-electron chi connectivity index (χ4n) is 0.949. The molecule has 0 aliphatic rings. The summed E-state index contributed by atoms with van der Waals surface area (Å²) < 4.78 is 0. The van der Waals surface area contributed by atoms with Crippen molar-refractivity contribution in [2.24, 2.45) is 0 Å². The Morgan fingerprint density at radius 2 is 2.47 bits per heavy atom. The molecule has 0 saturated heterocycles. The van der Waals surface area contributed by atoms with E-state index >= 15 is 0 Å². The second kappa shape index (κ2) is 5.29. The molecule has 1 N–H and O–H groups in total. The molecule has 0 radical (unpaired) electrons. The lowest BCUT2D eigenvalue weighted by Crippen LogP contribution is -1.98. The van der Waals surface area contributed by atoms with Gasteiger partial charge in [0.25, 0.3) is 0 Å². The fourth-order valence-corrected chi connectivity index (χ4v) is 1.69. The third-order valence-electron chi connectivity index (χ3n) is 1.52. The zero-order valence-electron chi connectivity index (χ0n) is 7.58. The number of aromatic nitrogens is 1. The number of aliphatic hydroxyl groups excluding tert-OH is 1. The number of thioether (sulfide) groups is 1. The van der Waals surface area contributed by atoms with E-state index in [1.54, 1.807) is 6.07 Å². The maximum Gasteiger partial charge on any atom is 0.318 e. The zero-order valence-corrected chi connectivity index (χ0v) is 8.40. The molecule has 0 spiro atoms. The summed E-state index contributed by atoms with van der Waals surface area (Å²) in [6.45, 7) is -0.0969. The van der Waals surface area contributed by atoms with Crippen LogP contribution in [0.3, 0.4) is 0 Å². The average Bonchev–Trinajstić information content (AvgIpc) is 2.25. The summed E-state index contributed by atoms with van der Waals surface area (Å²) in [5.41, 5.74) is -0.311. The largest absolute Gasteiger partial charge is 0.396 e. The molecule has 0 aliphatic heterocycles. The van der Waals surface area contributed by atoms with Gasteiger partial charge in [-0.2, -0.15) is 5.26 Å². The lowest BCUT2D eigenvalue weighted by atomic mass is 10.2. The Morgan fingerprint density at radius 3 is 3.00 bits per heavy atom. The van der Waals surface area contributed by atoms with E-state index in [0.29, 0.717) is 5.75 Å². The first-order valence-corrected chi connectivity index (χ1v) is 4.96. The van der Waals surface area contributed by atoms with E-state index in [-0.39, 0.29) is 22.9 Å². The lowest BCUT2D eigenvalue weighted by Gasteiger charge is -2.00. The highest BCUT2D eigenvalue weighted by atomic mass is 32.2. The lowest BCUT2D eigenvalue weighted by molar-refractivity contribution is -0.388. The number of hydrogen-bond acceptors (Lipinski definition) is 6. The molecule has 1 rings (SSSR count). The molecular weight excluding hydrogens is 218 g/mol. The van der Waals surface area contributed by atoms with Gasteiger partial charge in [-0.15, -0.1) is 0 Å².